The molecule has 1 rings (SSSR count). The molecular weight excluding hydrogens is 246 g/mol. The first-order chi connectivity index (χ1) is 9.10. The summed E-state index contributed by atoms with van der Waals surface area (Å²) in [4.78, 5) is 10.9. The van der Waals surface area contributed by atoms with Gasteiger partial charge in [-0.2, -0.15) is 0 Å². The molecule has 1 unspecified atom stereocenters. The van der Waals surface area contributed by atoms with E-state index in [2.05, 4.69) is 5.32 Å². The number of ether oxygens (including phenoxy) is 2. The van der Waals surface area contributed by atoms with E-state index in [1.165, 1.54) is 0 Å². The maximum absolute atomic E-state index is 10.9. The molecule has 1 aromatic carbocycles. The maximum Gasteiger partial charge on any atom is 0.304 e. The standard InChI is InChI=1S/C14H21NO4/c1-4-15-11(9-14(16)17)7-10-8-12(18-2)5-6-13(10)19-3/h5-6,8,11,15H,4,7,9H2,1-3H3,(H,16,17). The van der Waals surface area contributed by atoms with Crippen molar-refractivity contribution in [3.63, 3.8) is 0 Å². The van der Waals surface area contributed by atoms with Gasteiger partial charge in [-0.1, -0.05) is 6.92 Å². The van der Waals surface area contributed by atoms with Crippen LogP contribution >= 0.6 is 0 Å². The summed E-state index contributed by atoms with van der Waals surface area (Å²) in [6, 6.07) is 5.41. The lowest BCUT2D eigenvalue weighted by Crippen LogP contribution is -2.33. The Morgan fingerprint density at radius 2 is 2.11 bits per heavy atom. The van der Waals surface area contributed by atoms with Gasteiger partial charge in [-0.15, -0.1) is 0 Å². The molecule has 2 N–H and O–H groups in total. The molecule has 0 aliphatic rings. The van der Waals surface area contributed by atoms with Crippen molar-refractivity contribution in [2.75, 3.05) is 20.8 Å². The van der Waals surface area contributed by atoms with Crippen molar-refractivity contribution in [2.24, 2.45) is 0 Å². The predicted octanol–water partition coefficient (Wildman–Crippen LogP) is 1.70. The van der Waals surface area contributed by atoms with Crippen LogP contribution in [0.3, 0.4) is 0 Å². The van der Waals surface area contributed by atoms with Gasteiger partial charge in [-0.3, -0.25) is 4.79 Å². The second kappa shape index (κ2) is 7.63. The second-order valence-corrected chi connectivity index (χ2v) is 4.23. The quantitative estimate of drug-likeness (QED) is 0.750. The van der Waals surface area contributed by atoms with Crippen LogP contribution < -0.4 is 14.8 Å². The Bertz CT molecular complexity index is 420. The Kier molecular flexibility index (Phi) is 6.15. The van der Waals surface area contributed by atoms with Crippen LogP contribution in [0.1, 0.15) is 18.9 Å². The topological polar surface area (TPSA) is 67.8 Å². The Labute approximate surface area is 113 Å². The molecule has 0 aliphatic heterocycles. The van der Waals surface area contributed by atoms with Gasteiger partial charge < -0.3 is 19.9 Å². The van der Waals surface area contributed by atoms with Crippen molar-refractivity contribution >= 4 is 5.97 Å². The summed E-state index contributed by atoms with van der Waals surface area (Å²) < 4.78 is 10.5. The molecule has 0 amide bonds. The highest BCUT2D eigenvalue weighted by Crippen LogP contribution is 2.25. The third-order valence-corrected chi connectivity index (χ3v) is 2.87. The summed E-state index contributed by atoms with van der Waals surface area (Å²) >= 11 is 0. The Morgan fingerprint density at radius 1 is 1.37 bits per heavy atom. The second-order valence-electron chi connectivity index (χ2n) is 4.23. The van der Waals surface area contributed by atoms with Gasteiger partial charge in [0.25, 0.3) is 0 Å². The van der Waals surface area contributed by atoms with Gasteiger partial charge >= 0.3 is 5.97 Å². The van der Waals surface area contributed by atoms with E-state index >= 15 is 0 Å². The van der Waals surface area contributed by atoms with E-state index in [-0.39, 0.29) is 12.5 Å². The SMILES string of the molecule is CCNC(CC(=O)O)Cc1cc(OC)ccc1OC. The van der Waals surface area contributed by atoms with Gasteiger partial charge in [0, 0.05) is 6.04 Å². The number of carboxylic acid groups (broad SMARTS) is 1. The molecule has 106 valence electrons. The van der Waals surface area contributed by atoms with Crippen LogP contribution in [0.4, 0.5) is 0 Å². The van der Waals surface area contributed by atoms with E-state index in [1.54, 1.807) is 14.2 Å². The molecule has 1 atom stereocenters. The molecule has 0 bridgehead atoms. The number of carbonyl (C=O) groups is 1. The molecule has 1 aromatic rings. The average molecular weight is 267 g/mol. The minimum absolute atomic E-state index is 0.0776. The number of likely N-dealkylation sites (N-methyl/N-ethyl adjacent to an activating group) is 1. The maximum atomic E-state index is 10.9. The molecule has 19 heavy (non-hydrogen) atoms. The first kappa shape index (κ1) is 15.3. The van der Waals surface area contributed by atoms with Crippen LogP contribution in [-0.2, 0) is 11.2 Å². The van der Waals surface area contributed by atoms with Gasteiger partial charge in [0.2, 0.25) is 0 Å². The molecule has 0 aliphatic carbocycles. The molecule has 0 fully saturated rings. The highest BCUT2D eigenvalue weighted by Gasteiger charge is 2.15. The third kappa shape index (κ3) is 4.79. The number of hydrogen-bond donors (Lipinski definition) is 2. The number of hydrogen-bond acceptors (Lipinski definition) is 4. The number of aliphatic carboxylic acids is 1. The molecular formula is C14H21NO4. The van der Waals surface area contributed by atoms with Crippen molar-refractivity contribution in [1.29, 1.82) is 0 Å². The van der Waals surface area contributed by atoms with E-state index in [4.69, 9.17) is 14.6 Å². The Balaban J connectivity index is 2.89. The zero-order valence-electron chi connectivity index (χ0n) is 11.6. The van der Waals surface area contributed by atoms with Crippen molar-refractivity contribution < 1.29 is 19.4 Å². The van der Waals surface area contributed by atoms with Crippen molar-refractivity contribution in [2.45, 2.75) is 25.8 Å². The highest BCUT2D eigenvalue weighted by atomic mass is 16.5. The molecule has 0 aromatic heterocycles. The number of benzene rings is 1. The monoisotopic (exact) mass is 267 g/mol. The average Bonchev–Trinajstić information content (AvgIpc) is 2.38. The Hall–Kier alpha value is -1.75. The first-order valence-electron chi connectivity index (χ1n) is 6.26. The molecule has 5 heteroatoms. The minimum Gasteiger partial charge on any atom is -0.497 e. The number of rotatable bonds is 8. The number of methoxy groups -OCH3 is 2. The van der Waals surface area contributed by atoms with E-state index in [0.717, 1.165) is 23.6 Å². The molecule has 0 saturated carbocycles. The zero-order valence-corrected chi connectivity index (χ0v) is 11.6. The van der Waals surface area contributed by atoms with Crippen LogP contribution in [0.5, 0.6) is 11.5 Å². The summed E-state index contributed by atoms with van der Waals surface area (Å²) in [5.41, 5.74) is 0.939. The van der Waals surface area contributed by atoms with E-state index in [1.807, 2.05) is 25.1 Å². The van der Waals surface area contributed by atoms with Gasteiger partial charge in [0.15, 0.2) is 0 Å². The van der Waals surface area contributed by atoms with Crippen molar-refractivity contribution in [1.82, 2.24) is 5.32 Å². The number of carboxylic acids is 1. The fourth-order valence-electron chi connectivity index (χ4n) is 2.02. The van der Waals surface area contributed by atoms with E-state index in [9.17, 15) is 4.79 Å². The predicted molar refractivity (Wildman–Crippen MR) is 73.0 cm³/mol. The lowest BCUT2D eigenvalue weighted by atomic mass is 10.0. The van der Waals surface area contributed by atoms with Crippen LogP contribution in [0.15, 0.2) is 18.2 Å². The third-order valence-electron chi connectivity index (χ3n) is 2.87. The molecule has 0 radical (unpaired) electrons. The lowest BCUT2D eigenvalue weighted by molar-refractivity contribution is -0.137. The molecule has 5 nitrogen and oxygen atoms in total. The van der Waals surface area contributed by atoms with Crippen LogP contribution in [0, 0.1) is 0 Å². The Morgan fingerprint density at radius 3 is 2.63 bits per heavy atom. The van der Waals surface area contributed by atoms with Crippen LogP contribution in [-0.4, -0.2) is 37.9 Å². The summed E-state index contributed by atoms with van der Waals surface area (Å²) in [6.07, 6.45) is 0.661. The van der Waals surface area contributed by atoms with E-state index in [0.29, 0.717) is 6.42 Å². The van der Waals surface area contributed by atoms with Gasteiger partial charge in [0.1, 0.15) is 11.5 Å². The number of nitrogens with one attached hydrogen (secondary N) is 1. The van der Waals surface area contributed by atoms with Gasteiger partial charge in [-0.05, 0) is 36.7 Å². The molecule has 0 saturated heterocycles. The van der Waals surface area contributed by atoms with Gasteiger partial charge in [-0.25, -0.2) is 0 Å². The van der Waals surface area contributed by atoms with Crippen LogP contribution in [0.25, 0.3) is 0 Å². The summed E-state index contributed by atoms with van der Waals surface area (Å²) in [5.74, 6) is 0.670. The fraction of sp³-hybridized carbons (Fsp3) is 0.500. The summed E-state index contributed by atoms with van der Waals surface area (Å²) in [5, 5.41) is 12.1. The normalized spacial score (nSPS) is 11.9. The first-order valence-corrected chi connectivity index (χ1v) is 6.26. The summed E-state index contributed by atoms with van der Waals surface area (Å²) in [6.45, 7) is 2.68. The summed E-state index contributed by atoms with van der Waals surface area (Å²) in [7, 11) is 3.20. The minimum atomic E-state index is -0.812. The molecule has 0 spiro atoms. The van der Waals surface area contributed by atoms with Crippen LogP contribution in [0.2, 0.25) is 0 Å². The van der Waals surface area contributed by atoms with Crippen molar-refractivity contribution in [3.05, 3.63) is 23.8 Å². The zero-order chi connectivity index (χ0) is 14.3. The smallest absolute Gasteiger partial charge is 0.304 e. The molecule has 0 heterocycles. The fourth-order valence-corrected chi connectivity index (χ4v) is 2.02. The largest absolute Gasteiger partial charge is 0.497 e. The van der Waals surface area contributed by atoms with Gasteiger partial charge in [0.05, 0.1) is 20.6 Å². The van der Waals surface area contributed by atoms with E-state index < -0.39 is 5.97 Å². The lowest BCUT2D eigenvalue weighted by Gasteiger charge is -2.18. The van der Waals surface area contributed by atoms with Crippen molar-refractivity contribution in [3.8, 4) is 11.5 Å². The highest BCUT2D eigenvalue weighted by molar-refractivity contribution is 5.67.